The van der Waals surface area contributed by atoms with Crippen LogP contribution in [-0.4, -0.2) is 42.8 Å². The minimum atomic E-state index is -0.645. The number of hydrogen-bond donors (Lipinski definition) is 0. The molecule has 188 valence electrons. The number of amides is 1. The molecule has 0 unspecified atom stereocenters. The first-order valence-electron chi connectivity index (χ1n) is 11.8. The molecule has 2 aromatic carbocycles. The van der Waals surface area contributed by atoms with Crippen molar-refractivity contribution < 1.29 is 28.4 Å². The average molecular weight is 481 g/mol. The highest BCUT2D eigenvalue weighted by Crippen LogP contribution is 2.36. The second-order valence-electron chi connectivity index (χ2n) is 10.9. The number of anilines is 1. The highest BCUT2D eigenvalue weighted by molar-refractivity contribution is 6.62. The molecule has 1 aliphatic heterocycles. The number of rotatable bonds is 6. The lowest BCUT2D eigenvalue weighted by Gasteiger charge is -2.32. The summed E-state index contributed by atoms with van der Waals surface area (Å²) in [6.45, 7) is 15.1. The molecule has 0 aliphatic carbocycles. The Balaban J connectivity index is 1.85. The Kier molecular flexibility index (Phi) is 7.39. The SMILES string of the molecule is CC(=O)N(C)c1ccc(OCc2ccc(B3OC(C)(C)C(C)(C)O3)cc2C(=O)OC(C)(C)C)cc1. The maximum absolute atomic E-state index is 13.1. The van der Waals surface area contributed by atoms with Crippen LogP contribution in [0.15, 0.2) is 42.5 Å². The van der Waals surface area contributed by atoms with E-state index < -0.39 is 29.9 Å². The molecular formula is C27H36BNO6. The monoisotopic (exact) mass is 481 g/mol. The van der Waals surface area contributed by atoms with Gasteiger partial charge in [0.15, 0.2) is 0 Å². The molecule has 0 radical (unpaired) electrons. The van der Waals surface area contributed by atoms with E-state index in [0.29, 0.717) is 16.9 Å². The predicted octanol–water partition coefficient (Wildman–Crippen LogP) is 4.50. The Hall–Kier alpha value is -2.84. The fourth-order valence-corrected chi connectivity index (χ4v) is 3.48. The summed E-state index contributed by atoms with van der Waals surface area (Å²) in [7, 11) is 1.12. The maximum atomic E-state index is 13.1. The van der Waals surface area contributed by atoms with Crippen molar-refractivity contribution in [2.75, 3.05) is 11.9 Å². The zero-order valence-electron chi connectivity index (χ0n) is 22.2. The fourth-order valence-electron chi connectivity index (χ4n) is 3.48. The van der Waals surface area contributed by atoms with Gasteiger partial charge in [0.05, 0.1) is 16.8 Å². The molecule has 7 nitrogen and oxygen atoms in total. The van der Waals surface area contributed by atoms with Crippen LogP contribution in [-0.2, 0) is 25.4 Å². The summed E-state index contributed by atoms with van der Waals surface area (Å²) < 4.78 is 24.0. The Bertz CT molecular complexity index is 1070. The summed E-state index contributed by atoms with van der Waals surface area (Å²) in [5, 5.41) is 0. The molecule has 8 heteroatoms. The van der Waals surface area contributed by atoms with Gasteiger partial charge in [0.25, 0.3) is 0 Å². The molecule has 1 amide bonds. The van der Waals surface area contributed by atoms with Gasteiger partial charge in [-0.25, -0.2) is 4.79 Å². The number of carbonyl (C=O) groups is 2. The zero-order valence-corrected chi connectivity index (χ0v) is 22.2. The molecule has 0 saturated carbocycles. The van der Waals surface area contributed by atoms with Gasteiger partial charge in [-0.1, -0.05) is 12.1 Å². The van der Waals surface area contributed by atoms with Crippen LogP contribution < -0.4 is 15.1 Å². The number of nitrogens with zero attached hydrogens (tertiary/aromatic N) is 1. The first kappa shape index (κ1) is 26.8. The topological polar surface area (TPSA) is 74.3 Å². The average Bonchev–Trinajstić information content (AvgIpc) is 2.97. The largest absolute Gasteiger partial charge is 0.494 e. The van der Waals surface area contributed by atoms with Gasteiger partial charge in [-0.2, -0.15) is 0 Å². The lowest BCUT2D eigenvalue weighted by atomic mass is 9.77. The molecule has 2 aromatic rings. The minimum absolute atomic E-state index is 0.0530. The quantitative estimate of drug-likeness (QED) is 0.447. The second-order valence-corrected chi connectivity index (χ2v) is 10.9. The highest BCUT2D eigenvalue weighted by Gasteiger charge is 2.51. The summed E-state index contributed by atoms with van der Waals surface area (Å²) in [6, 6.07) is 12.7. The van der Waals surface area contributed by atoms with E-state index in [9.17, 15) is 9.59 Å². The van der Waals surface area contributed by atoms with Crippen LogP contribution in [0.1, 0.15) is 71.3 Å². The highest BCUT2D eigenvalue weighted by atomic mass is 16.7. The van der Waals surface area contributed by atoms with Crippen LogP contribution in [0, 0.1) is 0 Å². The van der Waals surface area contributed by atoms with Crippen molar-refractivity contribution in [2.45, 2.75) is 78.8 Å². The van der Waals surface area contributed by atoms with Crippen LogP contribution in [0.25, 0.3) is 0 Å². The van der Waals surface area contributed by atoms with E-state index in [-0.39, 0.29) is 12.5 Å². The van der Waals surface area contributed by atoms with Crippen molar-refractivity contribution in [2.24, 2.45) is 0 Å². The van der Waals surface area contributed by atoms with E-state index in [1.165, 1.54) is 6.92 Å². The van der Waals surface area contributed by atoms with Gasteiger partial charge >= 0.3 is 13.1 Å². The summed E-state index contributed by atoms with van der Waals surface area (Å²) in [5.41, 5.74) is 0.969. The van der Waals surface area contributed by atoms with Crippen molar-refractivity contribution in [1.29, 1.82) is 0 Å². The van der Waals surface area contributed by atoms with Gasteiger partial charge in [0.1, 0.15) is 18.0 Å². The van der Waals surface area contributed by atoms with Crippen molar-refractivity contribution in [3.63, 3.8) is 0 Å². The molecule has 0 N–H and O–H groups in total. The molecular weight excluding hydrogens is 445 g/mol. The van der Waals surface area contributed by atoms with Gasteiger partial charge in [-0.05, 0) is 84.3 Å². The third-order valence-electron chi connectivity index (χ3n) is 6.37. The van der Waals surface area contributed by atoms with Crippen molar-refractivity contribution in [3.8, 4) is 5.75 Å². The number of esters is 1. The summed E-state index contributed by atoms with van der Waals surface area (Å²) in [6.07, 6.45) is 0. The lowest BCUT2D eigenvalue weighted by molar-refractivity contribution is -0.116. The minimum Gasteiger partial charge on any atom is -0.489 e. The molecule has 3 rings (SSSR count). The van der Waals surface area contributed by atoms with E-state index in [2.05, 4.69) is 0 Å². The van der Waals surface area contributed by atoms with Crippen molar-refractivity contribution in [3.05, 3.63) is 53.6 Å². The maximum Gasteiger partial charge on any atom is 0.494 e. The molecule has 1 heterocycles. The Morgan fingerprint density at radius 1 is 0.971 bits per heavy atom. The number of ether oxygens (including phenoxy) is 2. The van der Waals surface area contributed by atoms with E-state index in [4.69, 9.17) is 18.8 Å². The van der Waals surface area contributed by atoms with Gasteiger partial charge in [-0.15, -0.1) is 0 Å². The zero-order chi connectivity index (χ0) is 26.2. The second kappa shape index (κ2) is 9.67. The smallest absolute Gasteiger partial charge is 0.489 e. The standard InChI is InChI=1S/C27H36BNO6/c1-18(30)29(9)21-12-14-22(15-13-21)32-17-19-10-11-20(16-23(19)24(31)33-25(2,3)4)28-34-26(5,6)27(7,8)35-28/h10-16H,17H2,1-9H3. The third-order valence-corrected chi connectivity index (χ3v) is 6.37. The van der Waals surface area contributed by atoms with Crippen LogP contribution in [0.3, 0.4) is 0 Å². The van der Waals surface area contributed by atoms with E-state index in [0.717, 1.165) is 11.2 Å². The molecule has 1 saturated heterocycles. The predicted molar refractivity (Wildman–Crippen MR) is 137 cm³/mol. The molecule has 0 spiro atoms. The van der Waals surface area contributed by atoms with Crippen molar-refractivity contribution >= 4 is 30.1 Å². The molecule has 0 atom stereocenters. The van der Waals surface area contributed by atoms with Crippen molar-refractivity contribution in [1.82, 2.24) is 0 Å². The van der Waals surface area contributed by atoms with Crippen LogP contribution in [0.2, 0.25) is 0 Å². The first-order chi connectivity index (χ1) is 16.1. The summed E-state index contributed by atoms with van der Waals surface area (Å²) in [4.78, 5) is 26.2. The van der Waals surface area contributed by atoms with Gasteiger partial charge in [0.2, 0.25) is 5.91 Å². The molecule has 1 fully saturated rings. The number of benzene rings is 2. The molecule has 35 heavy (non-hydrogen) atoms. The van der Waals surface area contributed by atoms with Gasteiger partial charge in [-0.3, -0.25) is 4.79 Å². The Labute approximate surface area is 208 Å². The van der Waals surface area contributed by atoms with Crippen LogP contribution in [0.4, 0.5) is 5.69 Å². The summed E-state index contributed by atoms with van der Waals surface area (Å²) >= 11 is 0. The summed E-state index contributed by atoms with van der Waals surface area (Å²) in [5.74, 6) is 0.131. The van der Waals surface area contributed by atoms with E-state index in [1.54, 1.807) is 30.1 Å². The number of hydrogen-bond acceptors (Lipinski definition) is 6. The molecule has 0 aromatic heterocycles. The normalized spacial score (nSPS) is 16.7. The molecule has 1 aliphatic rings. The van der Waals surface area contributed by atoms with E-state index in [1.807, 2.05) is 72.7 Å². The third kappa shape index (κ3) is 6.24. The van der Waals surface area contributed by atoms with Crippen LogP contribution in [0.5, 0.6) is 5.75 Å². The van der Waals surface area contributed by atoms with Gasteiger partial charge in [0, 0.05) is 25.2 Å². The number of carbonyl (C=O) groups excluding carboxylic acids is 2. The lowest BCUT2D eigenvalue weighted by Crippen LogP contribution is -2.41. The fraction of sp³-hybridized carbons (Fsp3) is 0.481. The van der Waals surface area contributed by atoms with E-state index >= 15 is 0 Å². The first-order valence-corrected chi connectivity index (χ1v) is 11.8. The Morgan fingerprint density at radius 2 is 1.54 bits per heavy atom. The van der Waals surface area contributed by atoms with Crippen LogP contribution >= 0.6 is 0 Å². The Morgan fingerprint density at radius 3 is 2.06 bits per heavy atom. The molecule has 0 bridgehead atoms. The van der Waals surface area contributed by atoms with Gasteiger partial charge < -0.3 is 23.7 Å².